The maximum Gasteiger partial charge on any atom is 0.271 e. The lowest BCUT2D eigenvalue weighted by Gasteiger charge is -2.34. The second kappa shape index (κ2) is 5.21. The van der Waals surface area contributed by atoms with Gasteiger partial charge in [-0.05, 0) is 18.9 Å². The largest absolute Gasteiger partial charge is 0.330 e. The van der Waals surface area contributed by atoms with Gasteiger partial charge in [0.25, 0.3) is 5.69 Å². The molecule has 0 radical (unpaired) electrons. The predicted octanol–water partition coefficient (Wildman–Crippen LogP) is 3.28. The molecule has 0 N–H and O–H groups in total. The zero-order chi connectivity index (χ0) is 16.9. The highest BCUT2D eigenvalue weighted by Crippen LogP contribution is 2.54. The molecule has 2 aliphatic heterocycles. The van der Waals surface area contributed by atoms with Gasteiger partial charge in [0.05, 0.1) is 28.1 Å². The van der Waals surface area contributed by atoms with Crippen LogP contribution in [0.2, 0.25) is 0 Å². The molecule has 7 nitrogen and oxygen atoms in total. The number of anilines is 2. The Hall–Kier alpha value is -2.59. The molecular formula is C17H18N4O3. The van der Waals surface area contributed by atoms with Crippen LogP contribution in [0.25, 0.3) is 0 Å². The van der Waals surface area contributed by atoms with E-state index in [0.29, 0.717) is 0 Å². The van der Waals surface area contributed by atoms with Gasteiger partial charge < -0.3 is 9.64 Å². The molecule has 0 amide bonds. The highest BCUT2D eigenvalue weighted by Gasteiger charge is 2.55. The molecular weight excluding hydrogens is 308 g/mol. The summed E-state index contributed by atoms with van der Waals surface area (Å²) in [7, 11) is 1.92. The summed E-state index contributed by atoms with van der Waals surface area (Å²) in [6, 6.07) is 6.96. The summed E-state index contributed by atoms with van der Waals surface area (Å²) >= 11 is 0. The number of benzene rings is 1. The Morgan fingerprint density at radius 2 is 2.12 bits per heavy atom. The number of rotatable bonds is 1. The summed E-state index contributed by atoms with van der Waals surface area (Å²) in [5, 5.41) is 20.4. The van der Waals surface area contributed by atoms with Gasteiger partial charge in [0.15, 0.2) is 0 Å². The van der Waals surface area contributed by atoms with Crippen molar-refractivity contribution < 1.29 is 9.66 Å². The zero-order valence-corrected chi connectivity index (χ0v) is 13.4. The van der Waals surface area contributed by atoms with Crippen LogP contribution in [0, 0.1) is 21.4 Å². The quantitative estimate of drug-likeness (QED) is 0.447. The third-order valence-electron chi connectivity index (χ3n) is 5.28. The second-order valence-electron chi connectivity index (χ2n) is 6.57. The Morgan fingerprint density at radius 3 is 2.79 bits per heavy atom. The molecule has 2 heterocycles. The fourth-order valence-electron chi connectivity index (χ4n) is 4.15. The molecule has 0 aromatic heterocycles. The van der Waals surface area contributed by atoms with E-state index < -0.39 is 10.5 Å². The van der Waals surface area contributed by atoms with Crippen molar-refractivity contribution >= 4 is 17.1 Å². The molecule has 124 valence electrons. The maximum absolute atomic E-state index is 11.2. The van der Waals surface area contributed by atoms with Crippen LogP contribution >= 0.6 is 0 Å². The maximum atomic E-state index is 11.2. The van der Waals surface area contributed by atoms with E-state index in [1.807, 2.05) is 16.8 Å². The van der Waals surface area contributed by atoms with E-state index in [4.69, 9.17) is 4.74 Å². The highest BCUT2D eigenvalue weighted by molar-refractivity contribution is 5.82. The highest BCUT2D eigenvalue weighted by atomic mass is 16.6. The molecule has 0 bridgehead atoms. The first-order valence-electron chi connectivity index (χ1n) is 8.16. The van der Waals surface area contributed by atoms with Gasteiger partial charge in [-0.15, -0.1) is 0 Å². The zero-order valence-electron chi connectivity index (χ0n) is 13.4. The standard InChI is InChI=1S/C17H18N4O3/c1-19-13-6-5-12(21(22)23)11-14(13)20-15(7-10-18)17(24-16(19)20)8-3-2-4-9-17/h5-7,11,16H,2-4,8-9H2,1H3/b15-7-. The van der Waals surface area contributed by atoms with Crippen LogP contribution in [0.15, 0.2) is 30.0 Å². The lowest BCUT2D eigenvalue weighted by molar-refractivity contribution is -0.384. The molecule has 1 unspecified atom stereocenters. The van der Waals surface area contributed by atoms with Gasteiger partial charge in [-0.1, -0.05) is 19.3 Å². The van der Waals surface area contributed by atoms with Gasteiger partial charge in [0.1, 0.15) is 5.60 Å². The minimum atomic E-state index is -0.449. The molecule has 1 spiro atoms. The molecule has 1 saturated heterocycles. The number of nitrogens with zero attached hydrogens (tertiary/aromatic N) is 4. The van der Waals surface area contributed by atoms with Crippen molar-refractivity contribution in [3.05, 3.63) is 40.1 Å². The van der Waals surface area contributed by atoms with E-state index in [9.17, 15) is 15.4 Å². The molecule has 1 aliphatic carbocycles. The monoisotopic (exact) mass is 326 g/mol. The van der Waals surface area contributed by atoms with Crippen LogP contribution in [0.3, 0.4) is 0 Å². The Morgan fingerprint density at radius 1 is 1.38 bits per heavy atom. The molecule has 24 heavy (non-hydrogen) atoms. The second-order valence-corrected chi connectivity index (χ2v) is 6.57. The van der Waals surface area contributed by atoms with Crippen LogP contribution in [-0.4, -0.2) is 23.9 Å². The third kappa shape index (κ3) is 1.93. The minimum absolute atomic E-state index is 0.0451. The van der Waals surface area contributed by atoms with E-state index in [-0.39, 0.29) is 12.0 Å². The first-order valence-corrected chi connectivity index (χ1v) is 8.16. The molecule has 2 fully saturated rings. The number of nitro benzene ring substituents is 1. The van der Waals surface area contributed by atoms with Crippen molar-refractivity contribution in [1.82, 2.24) is 0 Å². The van der Waals surface area contributed by atoms with Gasteiger partial charge in [0.2, 0.25) is 6.35 Å². The molecule has 1 aromatic rings. The van der Waals surface area contributed by atoms with Crippen LogP contribution in [0.1, 0.15) is 32.1 Å². The normalized spacial score (nSPS) is 25.7. The molecule has 1 atom stereocenters. The van der Waals surface area contributed by atoms with E-state index in [2.05, 4.69) is 6.07 Å². The van der Waals surface area contributed by atoms with E-state index >= 15 is 0 Å². The number of non-ortho nitro benzene ring substituents is 1. The van der Waals surface area contributed by atoms with Gasteiger partial charge in [-0.3, -0.25) is 15.0 Å². The lowest BCUT2D eigenvalue weighted by Crippen LogP contribution is -2.38. The van der Waals surface area contributed by atoms with Crippen LogP contribution in [0.4, 0.5) is 17.1 Å². The van der Waals surface area contributed by atoms with Gasteiger partial charge >= 0.3 is 0 Å². The SMILES string of the molecule is CN1c2ccc([N+](=O)[O-])cc2N2/C(=C\C#N)C3(CCCCC3)OC12. The van der Waals surface area contributed by atoms with Crippen LogP contribution < -0.4 is 9.80 Å². The van der Waals surface area contributed by atoms with Gasteiger partial charge in [0, 0.05) is 25.3 Å². The summed E-state index contributed by atoms with van der Waals surface area (Å²) in [5.74, 6) is 0. The van der Waals surface area contributed by atoms with Crippen LogP contribution in [0.5, 0.6) is 0 Å². The topological polar surface area (TPSA) is 82.6 Å². The Labute approximate surface area is 139 Å². The first kappa shape index (κ1) is 15.0. The Kier molecular flexibility index (Phi) is 3.25. The van der Waals surface area contributed by atoms with Crippen LogP contribution in [-0.2, 0) is 4.74 Å². The first-order chi connectivity index (χ1) is 11.6. The minimum Gasteiger partial charge on any atom is -0.330 e. The number of allylic oxidation sites excluding steroid dienone is 1. The summed E-state index contributed by atoms with van der Waals surface area (Å²) < 4.78 is 6.44. The summed E-state index contributed by atoms with van der Waals surface area (Å²) in [6.07, 6.45) is 6.27. The molecule has 3 aliphatic rings. The number of hydrogen-bond donors (Lipinski definition) is 0. The molecule has 1 aromatic carbocycles. The number of nitriles is 1. The average molecular weight is 326 g/mol. The van der Waals surface area contributed by atoms with Crippen molar-refractivity contribution in [3.8, 4) is 6.07 Å². The van der Waals surface area contributed by atoms with Crippen molar-refractivity contribution in [2.24, 2.45) is 0 Å². The predicted molar refractivity (Wildman–Crippen MR) is 88.4 cm³/mol. The van der Waals surface area contributed by atoms with Gasteiger partial charge in [-0.25, -0.2) is 0 Å². The Balaban J connectivity index is 1.84. The van der Waals surface area contributed by atoms with Crippen molar-refractivity contribution in [3.63, 3.8) is 0 Å². The third-order valence-corrected chi connectivity index (χ3v) is 5.28. The summed E-state index contributed by atoms with van der Waals surface area (Å²) in [4.78, 5) is 14.7. The number of ether oxygens (including phenoxy) is 1. The Bertz CT molecular complexity index is 777. The fraction of sp³-hybridized carbons (Fsp3) is 0.471. The summed E-state index contributed by atoms with van der Waals surface area (Å²) in [5.41, 5.74) is 2.04. The number of hydrogen-bond acceptors (Lipinski definition) is 6. The smallest absolute Gasteiger partial charge is 0.271 e. The number of nitro groups is 1. The lowest BCUT2D eigenvalue weighted by atomic mass is 9.82. The van der Waals surface area contributed by atoms with Gasteiger partial charge in [-0.2, -0.15) is 5.26 Å². The number of fused-ring (bicyclic) bond motifs is 3. The van der Waals surface area contributed by atoms with Crippen molar-refractivity contribution in [2.45, 2.75) is 44.1 Å². The van der Waals surface area contributed by atoms with Crippen molar-refractivity contribution in [1.29, 1.82) is 5.26 Å². The molecule has 7 heteroatoms. The van der Waals surface area contributed by atoms with E-state index in [1.54, 1.807) is 18.2 Å². The molecule has 1 saturated carbocycles. The molecule has 4 rings (SSSR count). The van der Waals surface area contributed by atoms with Crippen molar-refractivity contribution in [2.75, 3.05) is 16.8 Å². The van der Waals surface area contributed by atoms with E-state index in [0.717, 1.165) is 42.8 Å². The fourth-order valence-corrected chi connectivity index (χ4v) is 4.15. The van der Waals surface area contributed by atoms with E-state index in [1.165, 1.54) is 12.5 Å². The summed E-state index contributed by atoms with van der Waals surface area (Å²) in [6.45, 7) is 0. The average Bonchev–Trinajstić information content (AvgIpc) is 3.02.